The minimum absolute atomic E-state index is 0.496. The quantitative estimate of drug-likeness (QED) is 0.683. The molecule has 2 nitrogen and oxygen atoms in total. The Morgan fingerprint density at radius 3 is 2.67 bits per heavy atom. The molecule has 0 aromatic heterocycles. The van der Waals surface area contributed by atoms with Crippen LogP contribution in [0.4, 0.5) is 0 Å². The highest BCUT2D eigenvalue weighted by Gasteiger charge is 1.96. The maximum atomic E-state index is 8.57. The molecule has 1 aromatic carbocycles. The number of likely N-dealkylation sites (N-methyl/N-ethyl adjacent to an activating group) is 1. The van der Waals surface area contributed by atoms with Gasteiger partial charge in [-0.15, -0.1) is 0 Å². The second-order valence-corrected chi connectivity index (χ2v) is 3.30. The van der Waals surface area contributed by atoms with E-state index in [1.807, 2.05) is 18.2 Å². The Bertz CT molecular complexity index is 335. The Hall–Kier alpha value is -1.59. The van der Waals surface area contributed by atoms with Crippen molar-refractivity contribution in [3.8, 4) is 6.07 Å². The van der Waals surface area contributed by atoms with Crippen LogP contribution in [-0.4, -0.2) is 24.5 Å². The Morgan fingerprint density at radius 2 is 2.07 bits per heavy atom. The van der Waals surface area contributed by atoms with E-state index in [1.165, 1.54) is 5.56 Å². The van der Waals surface area contributed by atoms with E-state index in [2.05, 4.69) is 42.2 Å². The molecule has 0 saturated carbocycles. The van der Waals surface area contributed by atoms with Gasteiger partial charge in [0, 0.05) is 6.54 Å². The molecule has 0 aliphatic rings. The molecule has 0 aliphatic carbocycles. The third kappa shape index (κ3) is 4.44. The molecule has 0 N–H and O–H groups in total. The van der Waals surface area contributed by atoms with Crippen molar-refractivity contribution in [1.82, 2.24) is 4.90 Å². The van der Waals surface area contributed by atoms with Crippen LogP contribution in [0.2, 0.25) is 0 Å². The summed E-state index contributed by atoms with van der Waals surface area (Å²) in [5.41, 5.74) is 1.20. The van der Waals surface area contributed by atoms with E-state index in [4.69, 9.17) is 5.26 Å². The molecule has 0 bridgehead atoms. The lowest BCUT2D eigenvalue weighted by Crippen LogP contribution is -2.23. The van der Waals surface area contributed by atoms with Crippen LogP contribution in [0, 0.1) is 11.3 Å². The molecule has 0 heterocycles. The van der Waals surface area contributed by atoms with Crippen LogP contribution in [0.15, 0.2) is 36.4 Å². The predicted molar refractivity (Wildman–Crippen MR) is 63.2 cm³/mol. The topological polar surface area (TPSA) is 27.0 Å². The Labute approximate surface area is 91.4 Å². The summed E-state index contributed by atoms with van der Waals surface area (Å²) in [5.74, 6) is 0. The lowest BCUT2D eigenvalue weighted by atomic mass is 10.2. The molecule has 0 radical (unpaired) electrons. The highest BCUT2D eigenvalue weighted by Crippen LogP contribution is 2.01. The largest absolute Gasteiger partial charge is 0.287 e. The van der Waals surface area contributed by atoms with Crippen molar-refractivity contribution in [3.05, 3.63) is 42.0 Å². The van der Waals surface area contributed by atoms with Crippen LogP contribution in [0.3, 0.4) is 0 Å². The molecule has 2 heteroatoms. The van der Waals surface area contributed by atoms with Gasteiger partial charge in [0.15, 0.2) is 0 Å². The molecule has 1 aromatic rings. The van der Waals surface area contributed by atoms with Crippen molar-refractivity contribution < 1.29 is 0 Å². The Balaban J connectivity index is 2.42. The van der Waals surface area contributed by atoms with Gasteiger partial charge in [0.25, 0.3) is 0 Å². The predicted octanol–water partition coefficient (Wildman–Crippen LogP) is 2.55. The lowest BCUT2D eigenvalue weighted by Gasteiger charge is -2.12. The van der Waals surface area contributed by atoms with Gasteiger partial charge in [-0.2, -0.15) is 5.26 Å². The second-order valence-electron chi connectivity index (χ2n) is 3.30. The van der Waals surface area contributed by atoms with Gasteiger partial charge < -0.3 is 0 Å². The molecule has 0 fully saturated rings. The zero-order valence-electron chi connectivity index (χ0n) is 9.06. The summed E-state index contributed by atoms with van der Waals surface area (Å²) < 4.78 is 0. The maximum Gasteiger partial charge on any atom is 0.0868 e. The van der Waals surface area contributed by atoms with Gasteiger partial charge in [-0.25, -0.2) is 0 Å². The van der Waals surface area contributed by atoms with E-state index in [9.17, 15) is 0 Å². The smallest absolute Gasteiger partial charge is 0.0868 e. The summed E-state index contributed by atoms with van der Waals surface area (Å²) in [6, 6.07) is 12.3. The summed E-state index contributed by atoms with van der Waals surface area (Å²) in [6.07, 6.45) is 4.18. The monoisotopic (exact) mass is 200 g/mol. The van der Waals surface area contributed by atoms with E-state index >= 15 is 0 Å². The second kappa shape index (κ2) is 6.80. The van der Waals surface area contributed by atoms with Gasteiger partial charge >= 0.3 is 0 Å². The fourth-order valence-electron chi connectivity index (χ4n) is 1.31. The van der Waals surface area contributed by atoms with Crippen LogP contribution in [-0.2, 0) is 0 Å². The first-order valence-corrected chi connectivity index (χ1v) is 5.17. The van der Waals surface area contributed by atoms with E-state index in [0.29, 0.717) is 6.54 Å². The van der Waals surface area contributed by atoms with E-state index in [-0.39, 0.29) is 0 Å². The molecule has 0 saturated heterocycles. The molecule has 15 heavy (non-hydrogen) atoms. The maximum absolute atomic E-state index is 8.57. The van der Waals surface area contributed by atoms with Crippen molar-refractivity contribution >= 4 is 6.08 Å². The summed E-state index contributed by atoms with van der Waals surface area (Å²) in [5, 5.41) is 8.57. The lowest BCUT2D eigenvalue weighted by molar-refractivity contribution is 0.359. The molecule has 0 unspecified atom stereocenters. The van der Waals surface area contributed by atoms with E-state index < -0.39 is 0 Å². The van der Waals surface area contributed by atoms with Gasteiger partial charge in [0.1, 0.15) is 0 Å². The van der Waals surface area contributed by atoms with Crippen molar-refractivity contribution in [2.45, 2.75) is 6.92 Å². The minimum Gasteiger partial charge on any atom is -0.287 e. The van der Waals surface area contributed by atoms with Gasteiger partial charge in [-0.3, -0.25) is 4.90 Å². The standard InChI is InChI=1S/C13H16N2/c1-2-15(12-10-14)11-6-9-13-7-4-3-5-8-13/h3-9H,2,11-12H2,1H3. The Morgan fingerprint density at radius 1 is 1.33 bits per heavy atom. The average molecular weight is 200 g/mol. The van der Waals surface area contributed by atoms with Crippen LogP contribution in [0.1, 0.15) is 12.5 Å². The van der Waals surface area contributed by atoms with Gasteiger partial charge in [-0.05, 0) is 12.1 Å². The van der Waals surface area contributed by atoms with Crippen molar-refractivity contribution in [1.29, 1.82) is 5.26 Å². The highest BCUT2D eigenvalue weighted by atomic mass is 15.1. The first-order chi connectivity index (χ1) is 7.36. The summed E-state index contributed by atoms with van der Waals surface area (Å²) in [4.78, 5) is 2.08. The summed E-state index contributed by atoms with van der Waals surface area (Å²) in [6.45, 7) is 4.30. The Kier molecular flexibility index (Phi) is 5.21. The molecule has 0 aliphatic heterocycles. The van der Waals surface area contributed by atoms with Gasteiger partial charge in [0.2, 0.25) is 0 Å². The fraction of sp³-hybridized carbons (Fsp3) is 0.308. The van der Waals surface area contributed by atoms with Crippen molar-refractivity contribution in [3.63, 3.8) is 0 Å². The molecule has 0 spiro atoms. The SMILES string of the molecule is CCN(CC#N)CC=Cc1ccccc1. The average Bonchev–Trinajstić information content (AvgIpc) is 2.29. The van der Waals surface area contributed by atoms with Crippen LogP contribution in [0.25, 0.3) is 6.08 Å². The van der Waals surface area contributed by atoms with Crippen molar-refractivity contribution in [2.75, 3.05) is 19.6 Å². The molecule has 78 valence electrons. The molecular weight excluding hydrogens is 184 g/mol. The number of benzene rings is 1. The van der Waals surface area contributed by atoms with Crippen molar-refractivity contribution in [2.24, 2.45) is 0 Å². The number of nitrogens with zero attached hydrogens (tertiary/aromatic N) is 2. The number of hydrogen-bond acceptors (Lipinski definition) is 2. The van der Waals surface area contributed by atoms with Crippen LogP contribution >= 0.6 is 0 Å². The van der Waals surface area contributed by atoms with Crippen LogP contribution < -0.4 is 0 Å². The minimum atomic E-state index is 0.496. The molecule has 0 amide bonds. The fourth-order valence-corrected chi connectivity index (χ4v) is 1.31. The zero-order valence-corrected chi connectivity index (χ0v) is 9.06. The third-order valence-electron chi connectivity index (χ3n) is 2.22. The molecule has 1 rings (SSSR count). The summed E-state index contributed by atoms with van der Waals surface area (Å²) >= 11 is 0. The normalized spacial score (nSPS) is 10.7. The molecular formula is C13H16N2. The number of nitriles is 1. The number of rotatable bonds is 5. The third-order valence-corrected chi connectivity index (χ3v) is 2.22. The number of hydrogen-bond donors (Lipinski definition) is 0. The van der Waals surface area contributed by atoms with Crippen LogP contribution in [0.5, 0.6) is 0 Å². The highest BCUT2D eigenvalue weighted by molar-refractivity contribution is 5.48. The zero-order chi connectivity index (χ0) is 10.9. The first-order valence-electron chi connectivity index (χ1n) is 5.17. The first kappa shape index (κ1) is 11.5. The van der Waals surface area contributed by atoms with Gasteiger partial charge in [-0.1, -0.05) is 49.4 Å². The van der Waals surface area contributed by atoms with Gasteiger partial charge in [0.05, 0.1) is 12.6 Å². The molecule has 0 atom stereocenters. The summed E-state index contributed by atoms with van der Waals surface area (Å²) in [7, 11) is 0. The van der Waals surface area contributed by atoms with E-state index in [0.717, 1.165) is 13.1 Å². The van der Waals surface area contributed by atoms with E-state index in [1.54, 1.807) is 0 Å².